The first kappa shape index (κ1) is 19.2. The number of nitrogens with one attached hydrogen (secondary N) is 1. The highest BCUT2D eigenvalue weighted by molar-refractivity contribution is 5.83. The largest absolute Gasteiger partial charge is 0.405 e. The second-order valence-corrected chi connectivity index (χ2v) is 7.21. The molecular weight excluding hydrogens is 389 g/mol. The monoisotopic (exact) mass is 406 g/mol. The zero-order valence-electron chi connectivity index (χ0n) is 15.1. The fraction of sp³-hybridized carbons (Fsp3) is 0.389. The third-order valence-corrected chi connectivity index (χ3v) is 4.93. The Labute approximate surface area is 162 Å². The van der Waals surface area contributed by atoms with Gasteiger partial charge in [0.15, 0.2) is 0 Å². The molecule has 0 spiro atoms. The molecule has 1 aromatic carbocycles. The minimum absolute atomic E-state index is 0.00867. The van der Waals surface area contributed by atoms with Crippen LogP contribution in [0.2, 0.25) is 0 Å². The maximum Gasteiger partial charge on any atom is 0.405 e. The summed E-state index contributed by atoms with van der Waals surface area (Å²) in [6, 6.07) is 4.97. The van der Waals surface area contributed by atoms with Gasteiger partial charge in [-0.3, -0.25) is 4.79 Å². The first-order valence-corrected chi connectivity index (χ1v) is 8.90. The summed E-state index contributed by atoms with van der Waals surface area (Å²) in [7, 11) is 0. The van der Waals surface area contributed by atoms with E-state index < -0.39 is 12.7 Å². The van der Waals surface area contributed by atoms with Crippen LogP contribution in [0.1, 0.15) is 12.8 Å². The molecular formula is C18H17F3N6O2. The van der Waals surface area contributed by atoms with Crippen molar-refractivity contribution in [3.8, 4) is 11.1 Å². The van der Waals surface area contributed by atoms with Crippen LogP contribution in [0.25, 0.3) is 22.0 Å². The smallest absolute Gasteiger partial charge is 0.396 e. The Balaban J connectivity index is 1.61. The second kappa shape index (κ2) is 7.07. The third kappa shape index (κ3) is 4.19. The zero-order valence-corrected chi connectivity index (χ0v) is 15.1. The van der Waals surface area contributed by atoms with Crippen molar-refractivity contribution >= 4 is 16.9 Å². The van der Waals surface area contributed by atoms with Crippen LogP contribution >= 0.6 is 0 Å². The molecule has 152 valence electrons. The van der Waals surface area contributed by atoms with Crippen molar-refractivity contribution < 1.29 is 18.3 Å². The molecule has 0 atom stereocenters. The number of aliphatic hydroxyl groups is 1. The second-order valence-electron chi connectivity index (χ2n) is 7.21. The molecule has 11 heteroatoms. The Morgan fingerprint density at radius 3 is 2.52 bits per heavy atom. The van der Waals surface area contributed by atoms with Crippen molar-refractivity contribution in [3.63, 3.8) is 0 Å². The van der Waals surface area contributed by atoms with Gasteiger partial charge in [0.05, 0.1) is 18.5 Å². The van der Waals surface area contributed by atoms with Crippen LogP contribution in [0, 0.1) is 5.41 Å². The summed E-state index contributed by atoms with van der Waals surface area (Å²) in [5.74, 6) is -0.140. The molecule has 0 amide bonds. The van der Waals surface area contributed by atoms with E-state index in [1.165, 1.54) is 17.1 Å². The van der Waals surface area contributed by atoms with Crippen LogP contribution in [-0.2, 0) is 6.54 Å². The molecule has 0 bridgehead atoms. The Morgan fingerprint density at radius 2 is 1.90 bits per heavy atom. The number of fused-ring (bicyclic) bond motifs is 1. The van der Waals surface area contributed by atoms with Gasteiger partial charge in [0, 0.05) is 23.4 Å². The molecule has 0 aliphatic heterocycles. The highest BCUT2D eigenvalue weighted by atomic mass is 19.4. The molecule has 1 saturated carbocycles. The first-order valence-electron chi connectivity index (χ1n) is 8.90. The predicted molar refractivity (Wildman–Crippen MR) is 98.1 cm³/mol. The molecule has 8 nitrogen and oxygen atoms in total. The summed E-state index contributed by atoms with van der Waals surface area (Å²) >= 11 is 0. The number of anilines is 1. The van der Waals surface area contributed by atoms with Crippen molar-refractivity contribution in [2.24, 2.45) is 5.41 Å². The molecule has 0 radical (unpaired) electrons. The van der Waals surface area contributed by atoms with Crippen LogP contribution in [0.5, 0.6) is 0 Å². The van der Waals surface area contributed by atoms with E-state index in [0.29, 0.717) is 28.6 Å². The number of halogens is 3. The van der Waals surface area contributed by atoms with E-state index in [1.54, 1.807) is 18.2 Å². The number of hydrogen-bond acceptors (Lipinski definition) is 7. The van der Waals surface area contributed by atoms with Gasteiger partial charge < -0.3 is 10.4 Å². The van der Waals surface area contributed by atoms with Crippen molar-refractivity contribution in [2.75, 3.05) is 18.5 Å². The summed E-state index contributed by atoms with van der Waals surface area (Å²) in [6.45, 7) is -0.931. The number of nitrogens with zero attached hydrogens (tertiary/aromatic N) is 5. The maximum atomic E-state index is 12.8. The summed E-state index contributed by atoms with van der Waals surface area (Å²) < 4.78 is 38.0. The van der Waals surface area contributed by atoms with Gasteiger partial charge in [0.2, 0.25) is 5.95 Å². The van der Waals surface area contributed by atoms with Crippen molar-refractivity contribution in [1.29, 1.82) is 0 Å². The maximum absolute atomic E-state index is 12.8. The number of aromatic nitrogens is 5. The van der Waals surface area contributed by atoms with Gasteiger partial charge in [-0.2, -0.15) is 13.2 Å². The molecule has 1 fully saturated rings. The SMILES string of the molecule is O=c1c2cc(-c3cnc(NCC(F)(F)F)nc3)ccc2nnn1CC1(CO)CC1. The van der Waals surface area contributed by atoms with Gasteiger partial charge in [-0.05, 0) is 30.5 Å². The highest BCUT2D eigenvalue weighted by Crippen LogP contribution is 2.46. The molecule has 1 aliphatic rings. The summed E-state index contributed by atoms with van der Waals surface area (Å²) in [5.41, 5.74) is 0.979. The molecule has 1 aliphatic carbocycles. The van der Waals surface area contributed by atoms with E-state index in [1.807, 2.05) is 0 Å². The standard InChI is InChI=1S/C18H17F3N6O2/c19-18(20,21)8-24-16-22-6-12(7-23-16)11-1-2-14-13(5-11)15(29)27(26-25-14)9-17(10-28)3-4-17/h1-2,5-7,28H,3-4,8-10H2,(H,22,23,24). The fourth-order valence-electron chi connectivity index (χ4n) is 2.97. The van der Waals surface area contributed by atoms with Crippen molar-refractivity contribution in [3.05, 3.63) is 40.9 Å². The number of hydrogen-bond donors (Lipinski definition) is 2. The summed E-state index contributed by atoms with van der Waals surface area (Å²) in [6.07, 6.45) is 0.0653. The number of alkyl halides is 3. The van der Waals surface area contributed by atoms with Gasteiger partial charge in [-0.15, -0.1) is 5.10 Å². The number of benzene rings is 1. The van der Waals surface area contributed by atoms with E-state index >= 15 is 0 Å². The van der Waals surface area contributed by atoms with E-state index in [0.717, 1.165) is 12.8 Å². The Kier molecular flexibility index (Phi) is 4.69. The van der Waals surface area contributed by atoms with E-state index in [2.05, 4.69) is 25.6 Å². The van der Waals surface area contributed by atoms with Gasteiger partial charge >= 0.3 is 6.18 Å². The molecule has 2 heterocycles. The normalized spacial score (nSPS) is 15.4. The van der Waals surface area contributed by atoms with Crippen LogP contribution in [0.4, 0.5) is 19.1 Å². The Morgan fingerprint density at radius 1 is 1.17 bits per heavy atom. The molecule has 2 aromatic heterocycles. The molecule has 29 heavy (non-hydrogen) atoms. The van der Waals surface area contributed by atoms with E-state index in [9.17, 15) is 23.1 Å². The zero-order chi connectivity index (χ0) is 20.6. The molecule has 3 aromatic rings. The fourth-order valence-corrected chi connectivity index (χ4v) is 2.97. The summed E-state index contributed by atoms with van der Waals surface area (Å²) in [4.78, 5) is 20.6. The number of rotatable bonds is 6. The molecule has 2 N–H and O–H groups in total. The van der Waals surface area contributed by atoms with E-state index in [-0.39, 0.29) is 23.5 Å². The quantitative estimate of drug-likeness (QED) is 0.645. The lowest BCUT2D eigenvalue weighted by atomic mass is 10.1. The van der Waals surface area contributed by atoms with E-state index in [4.69, 9.17) is 0 Å². The Hall–Kier alpha value is -3.08. The average Bonchev–Trinajstić information content (AvgIpc) is 3.48. The van der Waals surface area contributed by atoms with Crippen LogP contribution < -0.4 is 10.9 Å². The predicted octanol–water partition coefficient (Wildman–Crippen LogP) is 2.00. The van der Waals surface area contributed by atoms with Gasteiger partial charge in [0.25, 0.3) is 5.56 Å². The molecule has 0 saturated heterocycles. The summed E-state index contributed by atoms with van der Waals surface area (Å²) in [5, 5.41) is 20.0. The Bertz CT molecular complexity index is 1090. The van der Waals surface area contributed by atoms with Gasteiger partial charge in [-0.25, -0.2) is 14.6 Å². The minimum atomic E-state index is -4.36. The van der Waals surface area contributed by atoms with Crippen LogP contribution in [-0.4, -0.2) is 49.4 Å². The van der Waals surface area contributed by atoms with Gasteiger partial charge in [-0.1, -0.05) is 11.3 Å². The van der Waals surface area contributed by atoms with Crippen LogP contribution in [0.15, 0.2) is 35.4 Å². The minimum Gasteiger partial charge on any atom is -0.396 e. The highest BCUT2D eigenvalue weighted by Gasteiger charge is 2.43. The molecule has 0 unspecified atom stereocenters. The lowest BCUT2D eigenvalue weighted by Gasteiger charge is -2.12. The topological polar surface area (TPSA) is 106 Å². The first-order chi connectivity index (χ1) is 13.8. The molecule has 4 rings (SSSR count). The third-order valence-electron chi connectivity index (χ3n) is 4.93. The lowest BCUT2D eigenvalue weighted by molar-refractivity contribution is -0.115. The van der Waals surface area contributed by atoms with Crippen molar-refractivity contribution in [2.45, 2.75) is 25.6 Å². The number of aliphatic hydroxyl groups excluding tert-OH is 1. The van der Waals surface area contributed by atoms with Crippen LogP contribution in [0.3, 0.4) is 0 Å². The van der Waals surface area contributed by atoms with Gasteiger partial charge in [0.1, 0.15) is 12.1 Å². The van der Waals surface area contributed by atoms with Crippen molar-refractivity contribution in [1.82, 2.24) is 25.0 Å². The lowest BCUT2D eigenvalue weighted by Crippen LogP contribution is -2.29. The average molecular weight is 406 g/mol.